The van der Waals surface area contributed by atoms with Crippen LogP contribution in [0.3, 0.4) is 0 Å². The number of amides is 4. The maximum absolute atomic E-state index is 13.5. The number of aliphatic hydroxyl groups is 1. The molecule has 1 saturated carbocycles. The van der Waals surface area contributed by atoms with Gasteiger partial charge in [0.05, 0.1) is 11.1 Å². The van der Waals surface area contributed by atoms with E-state index in [0.29, 0.717) is 23.6 Å². The lowest BCUT2D eigenvalue weighted by atomic mass is 9.45. The van der Waals surface area contributed by atoms with E-state index in [-0.39, 0.29) is 36.2 Å². The smallest absolute Gasteiger partial charge is 0.262 e. The highest BCUT2D eigenvalue weighted by Crippen LogP contribution is 2.63. The number of piperidine rings is 4. The van der Waals surface area contributed by atoms with Gasteiger partial charge < -0.3 is 10.4 Å². The fraction of sp³-hybridized carbons (Fsp3) is 0.615. The van der Waals surface area contributed by atoms with Crippen LogP contribution in [-0.2, 0) is 16.1 Å². The summed E-state index contributed by atoms with van der Waals surface area (Å²) < 4.78 is 0. The maximum Gasteiger partial charge on any atom is 0.262 e. The Kier molecular flexibility index (Phi) is 5.36. The number of carbonyl (C=O) groups is 4. The quantitative estimate of drug-likeness (QED) is 0.530. The minimum absolute atomic E-state index is 0.0837. The van der Waals surface area contributed by atoms with Gasteiger partial charge in [0.25, 0.3) is 11.8 Å². The number of fused-ring (bicyclic) bond motifs is 3. The molecular formula is C26H32N4O5. The Morgan fingerprint density at radius 3 is 2.49 bits per heavy atom. The summed E-state index contributed by atoms with van der Waals surface area (Å²) in [7, 11) is 0. The van der Waals surface area contributed by atoms with Gasteiger partial charge in [0.2, 0.25) is 11.8 Å². The Morgan fingerprint density at radius 1 is 1.00 bits per heavy atom. The molecule has 2 bridgehead atoms. The number of carbonyl (C=O) groups excluding carboxylic acids is 4. The first-order valence-corrected chi connectivity index (χ1v) is 12.7. The van der Waals surface area contributed by atoms with Crippen LogP contribution in [0.5, 0.6) is 0 Å². The van der Waals surface area contributed by atoms with E-state index in [1.807, 2.05) is 6.07 Å². The monoisotopic (exact) mass is 480 g/mol. The highest BCUT2D eigenvalue weighted by molar-refractivity contribution is 6.24. The number of imide groups is 2. The molecule has 1 aromatic carbocycles. The number of benzene rings is 1. The molecule has 9 nitrogen and oxygen atoms in total. The second-order valence-corrected chi connectivity index (χ2v) is 11.3. The van der Waals surface area contributed by atoms with Crippen molar-refractivity contribution in [1.82, 2.24) is 20.4 Å². The zero-order chi connectivity index (χ0) is 24.4. The van der Waals surface area contributed by atoms with Crippen LogP contribution in [0.1, 0.15) is 64.8 Å². The third-order valence-corrected chi connectivity index (χ3v) is 9.04. The molecule has 1 aromatic rings. The number of nitrogens with zero attached hydrogens (tertiary/aromatic N) is 2. The summed E-state index contributed by atoms with van der Waals surface area (Å²) in [5, 5.41) is 15.9. The van der Waals surface area contributed by atoms with Gasteiger partial charge in [0, 0.05) is 38.1 Å². The van der Waals surface area contributed by atoms with E-state index in [2.05, 4.69) is 15.5 Å². The molecule has 1 unspecified atom stereocenters. The Bertz CT molecular complexity index is 1100. The summed E-state index contributed by atoms with van der Waals surface area (Å²) in [5.74, 6) is -1.27. The Balaban J connectivity index is 1.25. The van der Waals surface area contributed by atoms with Gasteiger partial charge in [0.1, 0.15) is 6.04 Å². The molecule has 0 spiro atoms. The molecule has 9 heteroatoms. The van der Waals surface area contributed by atoms with Crippen molar-refractivity contribution in [2.45, 2.75) is 51.1 Å². The topological polar surface area (TPSA) is 119 Å². The van der Waals surface area contributed by atoms with E-state index < -0.39 is 23.8 Å². The van der Waals surface area contributed by atoms with Crippen LogP contribution in [0.4, 0.5) is 0 Å². The Labute approximate surface area is 204 Å². The molecule has 5 heterocycles. The molecule has 5 aliphatic heterocycles. The van der Waals surface area contributed by atoms with Gasteiger partial charge in [-0.25, -0.2) is 0 Å². The van der Waals surface area contributed by atoms with E-state index >= 15 is 0 Å². The van der Waals surface area contributed by atoms with E-state index in [1.54, 1.807) is 12.1 Å². The Morgan fingerprint density at radius 2 is 1.77 bits per heavy atom. The molecule has 35 heavy (non-hydrogen) atoms. The van der Waals surface area contributed by atoms with Crippen molar-refractivity contribution in [1.29, 1.82) is 0 Å². The second-order valence-electron chi connectivity index (χ2n) is 11.3. The van der Waals surface area contributed by atoms with Crippen molar-refractivity contribution in [3.63, 3.8) is 0 Å². The van der Waals surface area contributed by atoms with Crippen molar-refractivity contribution >= 4 is 23.6 Å². The van der Waals surface area contributed by atoms with Crippen LogP contribution < -0.4 is 10.6 Å². The summed E-state index contributed by atoms with van der Waals surface area (Å²) in [5.41, 5.74) is 1.60. The second kappa shape index (κ2) is 8.21. The van der Waals surface area contributed by atoms with Crippen molar-refractivity contribution in [3.8, 4) is 0 Å². The molecule has 4 amide bonds. The first-order valence-electron chi connectivity index (χ1n) is 12.7. The minimum Gasteiger partial charge on any atom is -0.396 e. The number of rotatable bonds is 5. The SMILES string of the molecule is O=C1CCC(N2C(=O)c3cccc(CN4CC5(CO)CC(C6CCNCC6)(C4)C5)c3C2=O)C(=O)N1. The van der Waals surface area contributed by atoms with Crippen molar-refractivity contribution in [3.05, 3.63) is 34.9 Å². The van der Waals surface area contributed by atoms with Gasteiger partial charge in [-0.1, -0.05) is 12.1 Å². The largest absolute Gasteiger partial charge is 0.396 e. The standard InChI is InChI=1S/C26H32N4O5/c31-15-25-11-26(12-25,17-6-8-27-9-7-17)14-29(13-25)10-16-2-1-3-18-21(16)24(35)30(23(18)34)19-4-5-20(32)28-22(19)33/h1-3,17,19,27,31H,4-15H2,(H,28,32,33). The predicted molar refractivity (Wildman–Crippen MR) is 125 cm³/mol. The normalized spacial score (nSPS) is 33.5. The molecular weight excluding hydrogens is 448 g/mol. The zero-order valence-corrected chi connectivity index (χ0v) is 19.8. The first-order chi connectivity index (χ1) is 16.8. The van der Waals surface area contributed by atoms with E-state index in [9.17, 15) is 24.3 Å². The van der Waals surface area contributed by atoms with Gasteiger partial charge >= 0.3 is 0 Å². The average molecular weight is 481 g/mol. The van der Waals surface area contributed by atoms with Crippen LogP contribution >= 0.6 is 0 Å². The van der Waals surface area contributed by atoms with Crippen molar-refractivity contribution in [2.75, 3.05) is 32.8 Å². The first kappa shape index (κ1) is 22.8. The fourth-order valence-electron chi connectivity index (χ4n) is 7.72. The highest BCUT2D eigenvalue weighted by atomic mass is 16.3. The van der Waals surface area contributed by atoms with Crippen LogP contribution in [0.2, 0.25) is 0 Å². The molecule has 5 fully saturated rings. The number of hydrogen-bond acceptors (Lipinski definition) is 7. The lowest BCUT2D eigenvalue weighted by Crippen LogP contribution is -2.67. The van der Waals surface area contributed by atoms with Gasteiger partial charge in [-0.05, 0) is 68.2 Å². The van der Waals surface area contributed by atoms with Gasteiger partial charge in [-0.3, -0.25) is 34.3 Å². The molecule has 4 saturated heterocycles. The lowest BCUT2D eigenvalue weighted by molar-refractivity contribution is -0.188. The van der Waals surface area contributed by atoms with Crippen molar-refractivity contribution in [2.24, 2.45) is 16.7 Å². The average Bonchev–Trinajstić information content (AvgIpc) is 3.10. The number of hydrogen-bond donors (Lipinski definition) is 3. The molecule has 6 aliphatic rings. The molecule has 0 aromatic heterocycles. The number of nitrogens with one attached hydrogen (secondary N) is 2. The lowest BCUT2D eigenvalue weighted by Gasteiger charge is -2.66. The molecule has 1 aliphatic carbocycles. The van der Waals surface area contributed by atoms with Crippen LogP contribution in [0.15, 0.2) is 18.2 Å². The van der Waals surface area contributed by atoms with Crippen LogP contribution in [0.25, 0.3) is 0 Å². The highest BCUT2D eigenvalue weighted by Gasteiger charge is 2.61. The summed E-state index contributed by atoms with van der Waals surface area (Å²) in [6.07, 6.45) is 4.69. The number of aliphatic hydroxyl groups excluding tert-OH is 1. The van der Waals surface area contributed by atoms with E-state index in [4.69, 9.17) is 0 Å². The third-order valence-electron chi connectivity index (χ3n) is 9.04. The molecule has 0 radical (unpaired) electrons. The maximum atomic E-state index is 13.5. The molecule has 7 rings (SSSR count). The fourth-order valence-corrected chi connectivity index (χ4v) is 7.72. The van der Waals surface area contributed by atoms with Crippen molar-refractivity contribution < 1.29 is 24.3 Å². The van der Waals surface area contributed by atoms with Gasteiger partial charge in [0.15, 0.2) is 0 Å². The van der Waals surface area contributed by atoms with Crippen LogP contribution in [-0.4, -0.2) is 77.4 Å². The van der Waals surface area contributed by atoms with E-state index in [1.165, 1.54) is 0 Å². The van der Waals surface area contributed by atoms with Gasteiger partial charge in [-0.15, -0.1) is 0 Å². The zero-order valence-electron chi connectivity index (χ0n) is 19.8. The van der Waals surface area contributed by atoms with Crippen LogP contribution in [0, 0.1) is 16.7 Å². The summed E-state index contributed by atoms with van der Waals surface area (Å²) in [6.45, 7) is 4.49. The summed E-state index contributed by atoms with van der Waals surface area (Å²) >= 11 is 0. The summed E-state index contributed by atoms with van der Waals surface area (Å²) in [6, 6.07) is 4.37. The third kappa shape index (κ3) is 3.55. The van der Waals surface area contributed by atoms with E-state index in [0.717, 1.165) is 62.3 Å². The van der Waals surface area contributed by atoms with Gasteiger partial charge in [-0.2, -0.15) is 0 Å². The molecule has 186 valence electrons. The molecule has 3 N–H and O–H groups in total. The molecule has 1 atom stereocenters. The predicted octanol–water partition coefficient (Wildman–Crippen LogP) is 0.662. The summed E-state index contributed by atoms with van der Waals surface area (Å²) in [4.78, 5) is 54.0. The Hall–Kier alpha value is -2.62. The minimum atomic E-state index is -0.962.